The van der Waals surface area contributed by atoms with Gasteiger partial charge in [0.1, 0.15) is 0 Å². The van der Waals surface area contributed by atoms with Gasteiger partial charge in [0, 0.05) is 32.4 Å². The zero-order valence-electron chi connectivity index (χ0n) is 11.9. The molecule has 1 aliphatic rings. The van der Waals surface area contributed by atoms with Crippen molar-refractivity contribution in [1.82, 2.24) is 20.0 Å². The minimum absolute atomic E-state index is 0.127. The van der Waals surface area contributed by atoms with E-state index in [0.29, 0.717) is 6.54 Å². The summed E-state index contributed by atoms with van der Waals surface area (Å²) in [7, 11) is 0. The van der Waals surface area contributed by atoms with Crippen LogP contribution in [0.5, 0.6) is 0 Å². The number of nitrogens with zero attached hydrogens (tertiary/aromatic N) is 3. The summed E-state index contributed by atoms with van der Waals surface area (Å²) in [5.41, 5.74) is 1.13. The van der Waals surface area contributed by atoms with Gasteiger partial charge >= 0.3 is 0 Å². The molecule has 5 nitrogen and oxygen atoms in total. The van der Waals surface area contributed by atoms with E-state index in [1.165, 1.54) is 6.42 Å². The highest BCUT2D eigenvalue weighted by Gasteiger charge is 2.21. The number of nitrogens with one attached hydrogen (secondary N) is 1. The zero-order chi connectivity index (χ0) is 13.7. The maximum absolute atomic E-state index is 12.3. The van der Waals surface area contributed by atoms with Crippen molar-refractivity contribution in [2.24, 2.45) is 0 Å². The molecule has 1 amide bonds. The third-order valence-corrected chi connectivity index (χ3v) is 3.73. The minimum Gasteiger partial charge on any atom is -0.341 e. The Hall–Kier alpha value is -1.36. The van der Waals surface area contributed by atoms with E-state index in [9.17, 15) is 4.79 Å². The molecule has 0 aromatic carbocycles. The van der Waals surface area contributed by atoms with Crippen LogP contribution < -0.4 is 5.32 Å². The summed E-state index contributed by atoms with van der Waals surface area (Å²) in [4.78, 5) is 14.2. The number of aryl methyl sites for hydroxylation is 1. The van der Waals surface area contributed by atoms with Gasteiger partial charge < -0.3 is 10.2 Å². The third-order valence-electron chi connectivity index (χ3n) is 3.73. The molecule has 0 aliphatic carbocycles. The van der Waals surface area contributed by atoms with Crippen molar-refractivity contribution in [2.75, 3.05) is 13.1 Å². The van der Waals surface area contributed by atoms with Crippen molar-refractivity contribution in [3.8, 4) is 0 Å². The molecule has 106 valence electrons. The second-order valence-corrected chi connectivity index (χ2v) is 5.13. The Morgan fingerprint density at radius 2 is 2.16 bits per heavy atom. The Morgan fingerprint density at radius 1 is 1.42 bits per heavy atom. The van der Waals surface area contributed by atoms with Gasteiger partial charge in [-0.05, 0) is 39.2 Å². The first-order valence-electron chi connectivity index (χ1n) is 7.25. The average molecular weight is 264 g/mol. The molecule has 0 bridgehead atoms. The number of hydrogen-bond donors (Lipinski definition) is 1. The summed E-state index contributed by atoms with van der Waals surface area (Å²) in [5, 5.41) is 7.53. The molecular weight excluding hydrogens is 240 g/mol. The molecule has 0 spiro atoms. The van der Waals surface area contributed by atoms with Crippen LogP contribution in [-0.4, -0.2) is 39.7 Å². The van der Waals surface area contributed by atoms with Gasteiger partial charge in [-0.25, -0.2) is 0 Å². The molecule has 2 rings (SSSR count). The highest BCUT2D eigenvalue weighted by molar-refractivity contribution is 5.81. The number of rotatable bonds is 5. The summed E-state index contributed by atoms with van der Waals surface area (Å²) >= 11 is 0. The molecule has 0 radical (unpaired) electrons. The number of carbonyl (C=O) groups is 1. The predicted molar refractivity (Wildman–Crippen MR) is 74.6 cm³/mol. The fraction of sp³-hybridized carbons (Fsp3) is 0.714. The van der Waals surface area contributed by atoms with Crippen LogP contribution in [0.25, 0.3) is 0 Å². The average Bonchev–Trinajstić information content (AvgIpc) is 2.92. The minimum atomic E-state index is -0.127. The molecule has 1 saturated heterocycles. The Balaban J connectivity index is 1.83. The van der Waals surface area contributed by atoms with Crippen LogP contribution in [-0.2, 0) is 17.9 Å². The predicted octanol–water partition coefficient (Wildman–Crippen LogP) is 1.39. The summed E-state index contributed by atoms with van der Waals surface area (Å²) in [6, 6.07) is 1.87. The maximum atomic E-state index is 12.3. The van der Waals surface area contributed by atoms with Gasteiger partial charge in [0.2, 0.25) is 5.91 Å². The van der Waals surface area contributed by atoms with E-state index in [1.54, 1.807) is 6.20 Å². The van der Waals surface area contributed by atoms with Crippen molar-refractivity contribution >= 4 is 5.91 Å². The zero-order valence-corrected chi connectivity index (χ0v) is 11.9. The summed E-state index contributed by atoms with van der Waals surface area (Å²) < 4.78 is 1.95. The van der Waals surface area contributed by atoms with Gasteiger partial charge in [0.15, 0.2) is 0 Å². The highest BCUT2D eigenvalue weighted by Crippen LogP contribution is 2.10. The molecule has 0 saturated carbocycles. The van der Waals surface area contributed by atoms with Crippen LogP contribution in [0.4, 0.5) is 0 Å². The number of hydrogen-bond acceptors (Lipinski definition) is 3. The topological polar surface area (TPSA) is 50.2 Å². The fourth-order valence-electron chi connectivity index (χ4n) is 2.53. The lowest BCUT2D eigenvalue weighted by atomic mass is 10.1. The van der Waals surface area contributed by atoms with Gasteiger partial charge in [-0.3, -0.25) is 9.48 Å². The van der Waals surface area contributed by atoms with Crippen LogP contribution in [0.2, 0.25) is 0 Å². The molecule has 1 aromatic rings. The molecule has 1 unspecified atom stereocenters. The summed E-state index contributed by atoms with van der Waals surface area (Å²) in [6.07, 6.45) is 5.33. The number of aromatic nitrogens is 2. The van der Waals surface area contributed by atoms with E-state index in [2.05, 4.69) is 17.3 Å². The lowest BCUT2D eigenvalue weighted by molar-refractivity contribution is -0.133. The molecule has 1 aliphatic heterocycles. The number of likely N-dealkylation sites (tertiary alicyclic amines) is 1. The molecule has 1 atom stereocenters. The Labute approximate surface area is 115 Å². The smallest absolute Gasteiger partial charge is 0.239 e. The van der Waals surface area contributed by atoms with Crippen LogP contribution in [0.1, 0.15) is 38.8 Å². The lowest BCUT2D eigenvalue weighted by Gasteiger charge is -2.29. The van der Waals surface area contributed by atoms with Crippen molar-refractivity contribution < 1.29 is 4.79 Å². The lowest BCUT2D eigenvalue weighted by Crippen LogP contribution is -2.46. The first-order chi connectivity index (χ1) is 9.22. The first-order valence-corrected chi connectivity index (χ1v) is 7.25. The normalized spacial score (nSPS) is 17.5. The molecule has 1 aromatic heterocycles. The van der Waals surface area contributed by atoms with Crippen LogP contribution in [0.3, 0.4) is 0 Å². The van der Waals surface area contributed by atoms with Gasteiger partial charge in [0.25, 0.3) is 0 Å². The molecule has 5 heteroatoms. The van der Waals surface area contributed by atoms with E-state index < -0.39 is 0 Å². The maximum Gasteiger partial charge on any atom is 0.239 e. The second kappa shape index (κ2) is 6.70. The largest absolute Gasteiger partial charge is 0.341 e. The van der Waals surface area contributed by atoms with Gasteiger partial charge in [-0.2, -0.15) is 5.10 Å². The Morgan fingerprint density at radius 3 is 2.84 bits per heavy atom. The van der Waals surface area contributed by atoms with E-state index in [0.717, 1.165) is 38.2 Å². The first kappa shape index (κ1) is 14.1. The standard InChI is InChI=1S/C14H24N4O/c1-3-18-13(7-8-16-18)11-15-12(2)14(19)17-9-5-4-6-10-17/h7-8,12,15H,3-6,9-11H2,1-2H3. The highest BCUT2D eigenvalue weighted by atomic mass is 16.2. The van der Waals surface area contributed by atoms with E-state index >= 15 is 0 Å². The quantitative estimate of drug-likeness (QED) is 0.874. The number of piperidine rings is 1. The molecular formula is C14H24N4O. The van der Waals surface area contributed by atoms with Crippen LogP contribution in [0.15, 0.2) is 12.3 Å². The van der Waals surface area contributed by atoms with Crippen molar-refractivity contribution in [1.29, 1.82) is 0 Å². The Kier molecular flexibility index (Phi) is 4.96. The van der Waals surface area contributed by atoms with Gasteiger partial charge in [-0.1, -0.05) is 0 Å². The molecule has 1 fully saturated rings. The monoisotopic (exact) mass is 264 g/mol. The third kappa shape index (κ3) is 3.56. The van der Waals surface area contributed by atoms with Crippen LogP contribution >= 0.6 is 0 Å². The van der Waals surface area contributed by atoms with E-state index in [1.807, 2.05) is 22.6 Å². The Bertz CT molecular complexity index is 409. The fourth-order valence-corrected chi connectivity index (χ4v) is 2.53. The summed E-state index contributed by atoms with van der Waals surface area (Å²) in [6.45, 7) is 7.39. The second-order valence-electron chi connectivity index (χ2n) is 5.13. The SMILES string of the molecule is CCn1nccc1CNC(C)C(=O)N1CCCCC1. The summed E-state index contributed by atoms with van der Waals surface area (Å²) in [5.74, 6) is 0.224. The van der Waals surface area contributed by atoms with Gasteiger partial charge in [-0.15, -0.1) is 0 Å². The van der Waals surface area contributed by atoms with E-state index in [4.69, 9.17) is 0 Å². The molecule has 2 heterocycles. The molecule has 1 N–H and O–H groups in total. The van der Waals surface area contributed by atoms with Crippen molar-refractivity contribution in [3.05, 3.63) is 18.0 Å². The molecule has 19 heavy (non-hydrogen) atoms. The van der Waals surface area contributed by atoms with E-state index in [-0.39, 0.29) is 11.9 Å². The van der Waals surface area contributed by atoms with Crippen molar-refractivity contribution in [2.45, 2.75) is 52.2 Å². The van der Waals surface area contributed by atoms with Crippen molar-refractivity contribution in [3.63, 3.8) is 0 Å². The number of amides is 1. The number of carbonyl (C=O) groups excluding carboxylic acids is 1. The van der Waals surface area contributed by atoms with Crippen LogP contribution in [0, 0.1) is 0 Å². The van der Waals surface area contributed by atoms with Gasteiger partial charge in [0.05, 0.1) is 11.7 Å².